The number of hydrogen-bond acceptors (Lipinski definition) is 2. The van der Waals surface area contributed by atoms with E-state index in [1.54, 1.807) is 0 Å². The van der Waals surface area contributed by atoms with Gasteiger partial charge in [0.05, 0.1) is 0 Å². The second kappa shape index (κ2) is 6.65. The van der Waals surface area contributed by atoms with Crippen LogP contribution in [0.4, 0.5) is 5.69 Å². The highest BCUT2D eigenvalue weighted by atomic mass is 16.5. The molecule has 0 atom stereocenters. The zero-order chi connectivity index (χ0) is 16.2. The number of carbonyl (C=O) groups is 1. The Labute approximate surface area is 132 Å². The smallest absolute Gasteiger partial charge is 0.262 e. The molecule has 2 aromatic rings. The first-order valence-corrected chi connectivity index (χ1v) is 7.44. The number of carbonyl (C=O) groups excluding carboxylic acids is 1. The van der Waals surface area contributed by atoms with Crippen LogP contribution in [0.5, 0.6) is 5.75 Å². The van der Waals surface area contributed by atoms with Gasteiger partial charge in [0.1, 0.15) is 5.75 Å². The number of aryl methyl sites for hydroxylation is 1. The minimum Gasteiger partial charge on any atom is -0.484 e. The second-order valence-electron chi connectivity index (χ2n) is 6.48. The van der Waals surface area contributed by atoms with Crippen LogP contribution in [0.2, 0.25) is 0 Å². The van der Waals surface area contributed by atoms with Crippen molar-refractivity contribution in [3.8, 4) is 5.75 Å². The number of amides is 1. The Morgan fingerprint density at radius 3 is 2.50 bits per heavy atom. The normalized spacial score (nSPS) is 11.1. The molecule has 0 unspecified atom stereocenters. The van der Waals surface area contributed by atoms with Crippen molar-refractivity contribution in [2.75, 3.05) is 11.9 Å². The maximum Gasteiger partial charge on any atom is 0.262 e. The van der Waals surface area contributed by atoms with Gasteiger partial charge in [-0.2, -0.15) is 0 Å². The topological polar surface area (TPSA) is 38.3 Å². The molecule has 0 radical (unpaired) electrons. The van der Waals surface area contributed by atoms with Crippen molar-refractivity contribution in [3.63, 3.8) is 0 Å². The van der Waals surface area contributed by atoms with Crippen LogP contribution in [0.3, 0.4) is 0 Å². The molecule has 0 saturated carbocycles. The van der Waals surface area contributed by atoms with Crippen LogP contribution >= 0.6 is 0 Å². The maximum absolute atomic E-state index is 11.9. The molecule has 0 aromatic heterocycles. The molecular formula is C19H23NO2. The Balaban J connectivity index is 1.94. The Hall–Kier alpha value is -2.29. The monoisotopic (exact) mass is 297 g/mol. The summed E-state index contributed by atoms with van der Waals surface area (Å²) in [4.78, 5) is 11.9. The summed E-state index contributed by atoms with van der Waals surface area (Å²) in [5.41, 5.74) is 3.14. The molecule has 0 aliphatic rings. The van der Waals surface area contributed by atoms with Gasteiger partial charge in [-0.1, -0.05) is 45.0 Å². The van der Waals surface area contributed by atoms with Crippen molar-refractivity contribution in [3.05, 3.63) is 59.7 Å². The summed E-state index contributed by atoms with van der Waals surface area (Å²) in [6.07, 6.45) is 0. The van der Waals surface area contributed by atoms with Crippen LogP contribution in [-0.2, 0) is 10.2 Å². The molecule has 22 heavy (non-hydrogen) atoms. The summed E-state index contributed by atoms with van der Waals surface area (Å²) in [7, 11) is 0. The molecule has 0 fully saturated rings. The third-order valence-electron chi connectivity index (χ3n) is 3.37. The van der Waals surface area contributed by atoms with Gasteiger partial charge in [0.25, 0.3) is 5.91 Å². The van der Waals surface area contributed by atoms with Crippen molar-refractivity contribution in [1.82, 2.24) is 0 Å². The number of rotatable bonds is 4. The predicted molar refractivity (Wildman–Crippen MR) is 90.4 cm³/mol. The Bertz CT molecular complexity index is 656. The Morgan fingerprint density at radius 1 is 1.09 bits per heavy atom. The standard InChI is InChI=1S/C19H23NO2/c1-14-7-5-9-16(11-14)20-18(21)13-22-17-10-6-8-15(12-17)19(2,3)4/h5-12H,13H2,1-4H3,(H,20,21). The predicted octanol–water partition coefficient (Wildman–Crippen LogP) is 4.31. The molecule has 0 spiro atoms. The molecule has 3 nitrogen and oxygen atoms in total. The van der Waals surface area contributed by atoms with Crippen molar-refractivity contribution in [2.24, 2.45) is 0 Å². The van der Waals surface area contributed by atoms with Crippen molar-refractivity contribution < 1.29 is 9.53 Å². The van der Waals surface area contributed by atoms with Crippen LogP contribution < -0.4 is 10.1 Å². The van der Waals surface area contributed by atoms with Gasteiger partial charge in [0.2, 0.25) is 0 Å². The lowest BCUT2D eigenvalue weighted by Gasteiger charge is -2.19. The molecule has 0 saturated heterocycles. The highest BCUT2D eigenvalue weighted by Crippen LogP contribution is 2.25. The van der Waals surface area contributed by atoms with Crippen molar-refractivity contribution in [1.29, 1.82) is 0 Å². The molecule has 2 rings (SSSR count). The van der Waals surface area contributed by atoms with Crippen molar-refractivity contribution >= 4 is 11.6 Å². The van der Waals surface area contributed by atoms with E-state index in [9.17, 15) is 4.79 Å². The van der Waals surface area contributed by atoms with Gasteiger partial charge in [-0.05, 0) is 47.7 Å². The highest BCUT2D eigenvalue weighted by molar-refractivity contribution is 5.91. The van der Waals surface area contributed by atoms with Gasteiger partial charge in [-0.15, -0.1) is 0 Å². The lowest BCUT2D eigenvalue weighted by molar-refractivity contribution is -0.118. The minimum atomic E-state index is -0.160. The number of nitrogens with one attached hydrogen (secondary N) is 1. The summed E-state index contributed by atoms with van der Waals surface area (Å²) >= 11 is 0. The van der Waals surface area contributed by atoms with Crippen LogP contribution in [0.1, 0.15) is 31.9 Å². The van der Waals surface area contributed by atoms with Gasteiger partial charge in [0.15, 0.2) is 6.61 Å². The molecule has 0 aliphatic heterocycles. The van der Waals surface area contributed by atoms with Gasteiger partial charge in [-0.25, -0.2) is 0 Å². The molecule has 0 aliphatic carbocycles. The molecule has 2 aromatic carbocycles. The average molecular weight is 297 g/mol. The molecule has 1 amide bonds. The van der Waals surface area contributed by atoms with Gasteiger partial charge >= 0.3 is 0 Å². The van der Waals surface area contributed by atoms with E-state index in [1.807, 2.05) is 49.4 Å². The fraction of sp³-hybridized carbons (Fsp3) is 0.316. The molecule has 0 heterocycles. The highest BCUT2D eigenvalue weighted by Gasteiger charge is 2.14. The molecular weight excluding hydrogens is 274 g/mol. The first-order valence-electron chi connectivity index (χ1n) is 7.44. The molecule has 3 heteroatoms. The minimum absolute atomic E-state index is 0.00153. The summed E-state index contributed by atoms with van der Waals surface area (Å²) in [5.74, 6) is 0.554. The second-order valence-corrected chi connectivity index (χ2v) is 6.48. The fourth-order valence-corrected chi connectivity index (χ4v) is 2.12. The third kappa shape index (κ3) is 4.62. The summed E-state index contributed by atoms with van der Waals surface area (Å²) < 4.78 is 5.59. The SMILES string of the molecule is Cc1cccc(NC(=O)COc2cccc(C(C)(C)C)c2)c1. The van der Waals surface area contributed by atoms with E-state index in [2.05, 4.69) is 32.2 Å². The first kappa shape index (κ1) is 16.1. The lowest BCUT2D eigenvalue weighted by atomic mass is 9.87. The van der Waals surface area contributed by atoms with E-state index in [0.717, 1.165) is 11.3 Å². The Kier molecular flexibility index (Phi) is 4.86. The first-order chi connectivity index (χ1) is 10.3. The van der Waals surface area contributed by atoms with E-state index in [1.165, 1.54) is 5.56 Å². The van der Waals surface area contributed by atoms with E-state index in [-0.39, 0.29) is 17.9 Å². The number of hydrogen-bond donors (Lipinski definition) is 1. The van der Waals surface area contributed by atoms with Gasteiger partial charge in [0, 0.05) is 5.69 Å². The van der Waals surface area contributed by atoms with E-state index < -0.39 is 0 Å². The van der Waals surface area contributed by atoms with Crippen LogP contribution in [-0.4, -0.2) is 12.5 Å². The number of ether oxygens (including phenoxy) is 1. The summed E-state index contributed by atoms with van der Waals surface area (Å²) in [6, 6.07) is 15.6. The van der Waals surface area contributed by atoms with Crippen LogP contribution in [0.15, 0.2) is 48.5 Å². The molecule has 116 valence electrons. The zero-order valence-corrected chi connectivity index (χ0v) is 13.6. The van der Waals surface area contributed by atoms with Crippen LogP contribution in [0.25, 0.3) is 0 Å². The quantitative estimate of drug-likeness (QED) is 0.913. The zero-order valence-electron chi connectivity index (χ0n) is 13.6. The van der Waals surface area contributed by atoms with E-state index in [0.29, 0.717) is 5.75 Å². The average Bonchev–Trinajstić information content (AvgIpc) is 2.45. The summed E-state index contributed by atoms with van der Waals surface area (Å²) in [6.45, 7) is 8.44. The molecule has 0 bridgehead atoms. The van der Waals surface area contributed by atoms with Crippen molar-refractivity contribution in [2.45, 2.75) is 33.1 Å². The van der Waals surface area contributed by atoms with Gasteiger partial charge in [-0.3, -0.25) is 4.79 Å². The summed E-state index contributed by atoms with van der Waals surface area (Å²) in [5, 5.41) is 2.83. The fourth-order valence-electron chi connectivity index (χ4n) is 2.12. The van der Waals surface area contributed by atoms with E-state index in [4.69, 9.17) is 4.74 Å². The van der Waals surface area contributed by atoms with Crippen LogP contribution in [0, 0.1) is 6.92 Å². The lowest BCUT2D eigenvalue weighted by Crippen LogP contribution is -2.20. The molecule has 1 N–H and O–H groups in total. The third-order valence-corrected chi connectivity index (χ3v) is 3.37. The number of anilines is 1. The Morgan fingerprint density at radius 2 is 1.82 bits per heavy atom. The van der Waals surface area contributed by atoms with E-state index >= 15 is 0 Å². The largest absolute Gasteiger partial charge is 0.484 e. The van der Waals surface area contributed by atoms with Gasteiger partial charge < -0.3 is 10.1 Å². The number of benzene rings is 2. The maximum atomic E-state index is 11.9.